The summed E-state index contributed by atoms with van der Waals surface area (Å²) in [5.74, 6) is 0. The Labute approximate surface area is 91.2 Å². The second-order valence-corrected chi connectivity index (χ2v) is 3.45. The molecule has 0 aliphatic heterocycles. The van der Waals surface area contributed by atoms with Crippen LogP contribution >= 0.6 is 0 Å². The molecule has 2 heteroatoms. The summed E-state index contributed by atoms with van der Waals surface area (Å²) < 4.78 is 0. The summed E-state index contributed by atoms with van der Waals surface area (Å²) in [6, 6.07) is 12.6. The molecule has 1 N–H and O–H groups in total. The minimum Gasteiger partial charge on any atom is -0.309 e. The Kier molecular flexibility index (Phi) is 5.21. The number of benzene rings is 1. The van der Waals surface area contributed by atoms with Crippen molar-refractivity contribution >= 4 is 0 Å². The van der Waals surface area contributed by atoms with Gasteiger partial charge in [-0.15, -0.1) is 6.58 Å². The first-order chi connectivity index (χ1) is 7.36. The summed E-state index contributed by atoms with van der Waals surface area (Å²) in [6.45, 7) is 4.49. The van der Waals surface area contributed by atoms with Crippen LogP contribution in [-0.2, 0) is 6.54 Å². The zero-order valence-electron chi connectivity index (χ0n) is 8.82. The van der Waals surface area contributed by atoms with E-state index in [-0.39, 0.29) is 6.04 Å². The largest absolute Gasteiger partial charge is 0.309 e. The lowest BCUT2D eigenvalue weighted by atomic mass is 10.1. The number of rotatable bonds is 6. The predicted molar refractivity (Wildman–Crippen MR) is 62.1 cm³/mol. The third-order valence-electron chi connectivity index (χ3n) is 2.23. The molecule has 0 spiro atoms. The molecule has 0 fully saturated rings. The number of nitriles is 1. The van der Waals surface area contributed by atoms with E-state index in [0.29, 0.717) is 6.42 Å². The van der Waals surface area contributed by atoms with Crippen LogP contribution in [0, 0.1) is 11.3 Å². The standard InChI is InChI=1S/C13H16N2/c1-2-6-13(9-10-14)15-11-12-7-4-3-5-8-12/h2-5,7-8,13,15H,1,6,9,11H2. The van der Waals surface area contributed by atoms with E-state index in [1.807, 2.05) is 24.3 Å². The smallest absolute Gasteiger partial charge is 0.0638 e. The fraction of sp³-hybridized carbons (Fsp3) is 0.308. The van der Waals surface area contributed by atoms with Gasteiger partial charge in [0, 0.05) is 12.6 Å². The van der Waals surface area contributed by atoms with Crippen LogP contribution in [0.5, 0.6) is 0 Å². The van der Waals surface area contributed by atoms with Crippen LogP contribution in [0.15, 0.2) is 43.0 Å². The molecule has 2 nitrogen and oxygen atoms in total. The first kappa shape index (κ1) is 11.5. The molecule has 0 aliphatic rings. The Balaban J connectivity index is 2.40. The Morgan fingerprint density at radius 1 is 1.40 bits per heavy atom. The molecule has 0 bridgehead atoms. The van der Waals surface area contributed by atoms with Crippen LogP contribution < -0.4 is 5.32 Å². The quantitative estimate of drug-likeness (QED) is 0.716. The van der Waals surface area contributed by atoms with Crippen molar-refractivity contribution in [1.82, 2.24) is 5.32 Å². The molecule has 0 aromatic heterocycles. The molecule has 78 valence electrons. The van der Waals surface area contributed by atoms with Crippen LogP contribution in [0.25, 0.3) is 0 Å². The highest BCUT2D eigenvalue weighted by atomic mass is 14.9. The van der Waals surface area contributed by atoms with Crippen molar-refractivity contribution < 1.29 is 0 Å². The molecule has 0 saturated heterocycles. The Morgan fingerprint density at radius 2 is 2.13 bits per heavy atom. The van der Waals surface area contributed by atoms with Crippen molar-refractivity contribution in [3.8, 4) is 6.07 Å². The summed E-state index contributed by atoms with van der Waals surface area (Å²) in [5, 5.41) is 12.0. The summed E-state index contributed by atoms with van der Waals surface area (Å²) in [5.41, 5.74) is 1.24. The van der Waals surface area contributed by atoms with Gasteiger partial charge in [-0.1, -0.05) is 36.4 Å². The third kappa shape index (κ3) is 4.44. The highest BCUT2D eigenvalue weighted by Crippen LogP contribution is 2.02. The van der Waals surface area contributed by atoms with Crippen molar-refractivity contribution in [3.63, 3.8) is 0 Å². The first-order valence-corrected chi connectivity index (χ1v) is 5.12. The zero-order valence-corrected chi connectivity index (χ0v) is 8.82. The maximum Gasteiger partial charge on any atom is 0.0638 e. The van der Waals surface area contributed by atoms with Gasteiger partial charge in [0.25, 0.3) is 0 Å². The lowest BCUT2D eigenvalue weighted by Crippen LogP contribution is -2.27. The normalized spacial score (nSPS) is 11.7. The van der Waals surface area contributed by atoms with E-state index in [4.69, 9.17) is 5.26 Å². The van der Waals surface area contributed by atoms with Crippen LogP contribution in [-0.4, -0.2) is 6.04 Å². The van der Waals surface area contributed by atoms with E-state index in [1.54, 1.807) is 0 Å². The fourth-order valence-corrected chi connectivity index (χ4v) is 1.41. The van der Waals surface area contributed by atoms with E-state index in [9.17, 15) is 0 Å². The van der Waals surface area contributed by atoms with Crippen molar-refractivity contribution in [3.05, 3.63) is 48.6 Å². The topological polar surface area (TPSA) is 35.8 Å². The van der Waals surface area contributed by atoms with E-state index in [2.05, 4.69) is 30.1 Å². The third-order valence-corrected chi connectivity index (χ3v) is 2.23. The Hall–Kier alpha value is -1.59. The molecule has 0 heterocycles. The number of nitrogens with one attached hydrogen (secondary N) is 1. The Bertz CT molecular complexity index is 324. The van der Waals surface area contributed by atoms with Gasteiger partial charge < -0.3 is 5.32 Å². The molecule has 1 rings (SSSR count). The van der Waals surface area contributed by atoms with Gasteiger partial charge in [-0.25, -0.2) is 0 Å². The molecule has 1 aromatic carbocycles. The lowest BCUT2D eigenvalue weighted by molar-refractivity contribution is 0.523. The second kappa shape index (κ2) is 6.80. The maximum absolute atomic E-state index is 8.64. The summed E-state index contributed by atoms with van der Waals surface area (Å²) >= 11 is 0. The van der Waals surface area contributed by atoms with Crippen LogP contribution in [0.3, 0.4) is 0 Å². The molecule has 1 aromatic rings. The molecule has 0 amide bonds. The van der Waals surface area contributed by atoms with Gasteiger partial charge in [0.05, 0.1) is 12.5 Å². The van der Waals surface area contributed by atoms with E-state index in [1.165, 1.54) is 5.56 Å². The van der Waals surface area contributed by atoms with Crippen LogP contribution in [0.1, 0.15) is 18.4 Å². The average molecular weight is 200 g/mol. The maximum atomic E-state index is 8.64. The first-order valence-electron chi connectivity index (χ1n) is 5.12. The molecular weight excluding hydrogens is 184 g/mol. The molecule has 0 saturated carbocycles. The van der Waals surface area contributed by atoms with Crippen molar-refractivity contribution in [2.75, 3.05) is 0 Å². The van der Waals surface area contributed by atoms with Gasteiger partial charge in [0.1, 0.15) is 0 Å². The fourth-order valence-electron chi connectivity index (χ4n) is 1.41. The van der Waals surface area contributed by atoms with Crippen molar-refractivity contribution in [2.24, 2.45) is 0 Å². The molecule has 0 aliphatic carbocycles. The Morgan fingerprint density at radius 3 is 2.73 bits per heavy atom. The van der Waals surface area contributed by atoms with Gasteiger partial charge in [-0.3, -0.25) is 0 Å². The van der Waals surface area contributed by atoms with E-state index in [0.717, 1.165) is 13.0 Å². The minimum absolute atomic E-state index is 0.215. The zero-order chi connectivity index (χ0) is 10.9. The number of nitrogens with zero attached hydrogens (tertiary/aromatic N) is 1. The lowest BCUT2D eigenvalue weighted by Gasteiger charge is -2.13. The number of hydrogen-bond donors (Lipinski definition) is 1. The van der Waals surface area contributed by atoms with E-state index < -0.39 is 0 Å². The van der Waals surface area contributed by atoms with Crippen LogP contribution in [0.2, 0.25) is 0 Å². The monoisotopic (exact) mass is 200 g/mol. The molecular formula is C13H16N2. The predicted octanol–water partition coefficient (Wildman–Crippen LogP) is 2.63. The van der Waals surface area contributed by atoms with Crippen molar-refractivity contribution in [2.45, 2.75) is 25.4 Å². The molecule has 1 atom stereocenters. The highest BCUT2D eigenvalue weighted by molar-refractivity contribution is 5.14. The summed E-state index contributed by atoms with van der Waals surface area (Å²) in [7, 11) is 0. The highest BCUT2D eigenvalue weighted by Gasteiger charge is 2.04. The van der Waals surface area contributed by atoms with E-state index >= 15 is 0 Å². The average Bonchev–Trinajstić information content (AvgIpc) is 2.28. The van der Waals surface area contributed by atoms with Crippen molar-refractivity contribution in [1.29, 1.82) is 5.26 Å². The molecule has 15 heavy (non-hydrogen) atoms. The van der Waals surface area contributed by atoms with Gasteiger partial charge in [-0.2, -0.15) is 5.26 Å². The van der Waals surface area contributed by atoms with Gasteiger partial charge in [-0.05, 0) is 12.0 Å². The molecule has 1 unspecified atom stereocenters. The SMILES string of the molecule is C=CCC(CC#N)NCc1ccccc1. The number of hydrogen-bond acceptors (Lipinski definition) is 2. The summed E-state index contributed by atoms with van der Waals surface area (Å²) in [6.07, 6.45) is 3.21. The van der Waals surface area contributed by atoms with Crippen LogP contribution in [0.4, 0.5) is 0 Å². The van der Waals surface area contributed by atoms with Gasteiger partial charge in [0.2, 0.25) is 0 Å². The second-order valence-electron chi connectivity index (χ2n) is 3.45. The minimum atomic E-state index is 0.215. The summed E-state index contributed by atoms with van der Waals surface area (Å²) in [4.78, 5) is 0. The molecule has 0 radical (unpaired) electrons. The van der Waals surface area contributed by atoms with Gasteiger partial charge in [0.15, 0.2) is 0 Å². The van der Waals surface area contributed by atoms with Gasteiger partial charge >= 0.3 is 0 Å².